The van der Waals surface area contributed by atoms with Gasteiger partial charge >= 0.3 is 6.36 Å². The van der Waals surface area contributed by atoms with E-state index in [1.807, 2.05) is 0 Å². The molecule has 0 atom stereocenters. The quantitative estimate of drug-likeness (QED) is 0.271. The van der Waals surface area contributed by atoms with Gasteiger partial charge in [-0.2, -0.15) is 0 Å². The molecule has 0 fully saturated rings. The summed E-state index contributed by atoms with van der Waals surface area (Å²) >= 11 is 1.40. The summed E-state index contributed by atoms with van der Waals surface area (Å²) in [6.45, 7) is 0. The van der Waals surface area contributed by atoms with Gasteiger partial charge in [0, 0.05) is 0 Å². The molecule has 0 radical (unpaired) electrons. The summed E-state index contributed by atoms with van der Waals surface area (Å²) in [7, 11) is 0. The van der Waals surface area contributed by atoms with Crippen molar-refractivity contribution >= 4 is 34.6 Å². The Balaban J connectivity index is 3.29. The molecule has 0 unspecified atom stereocenters. The second-order valence-electron chi connectivity index (χ2n) is 2.61. The fraction of sp³-hybridized carbons (Fsp3) is 0.143. The first-order valence-electron chi connectivity index (χ1n) is 3.80. The average Bonchev–Trinajstić information content (AvgIpc) is 2.13. The van der Waals surface area contributed by atoms with Gasteiger partial charge < -0.3 is 4.74 Å². The number of carbonyl (C=O) groups is 1. The maximum absolute atomic E-state index is 11.9. The summed E-state index contributed by atoms with van der Waals surface area (Å²) in [6, 6.07) is 0.444. The lowest BCUT2D eigenvalue weighted by molar-refractivity contribution is -0.385. The van der Waals surface area contributed by atoms with Gasteiger partial charge in [0.15, 0.2) is 6.29 Å². The predicted molar refractivity (Wildman–Crippen MR) is 55.7 cm³/mol. The molecule has 0 aromatic carbocycles. The van der Waals surface area contributed by atoms with Crippen LogP contribution in [0.5, 0.6) is 5.88 Å². The highest BCUT2D eigenvalue weighted by Crippen LogP contribution is 2.28. The minimum Gasteiger partial charge on any atom is -0.388 e. The lowest BCUT2D eigenvalue weighted by Crippen LogP contribution is -2.18. The van der Waals surface area contributed by atoms with Crippen LogP contribution in [-0.4, -0.2) is 22.6 Å². The summed E-state index contributed by atoms with van der Waals surface area (Å²) in [6.07, 6.45) is -4.86. The smallest absolute Gasteiger partial charge is 0.388 e. The topological polar surface area (TPSA) is 82.3 Å². The third kappa shape index (κ3) is 3.51. The molecule has 0 saturated heterocycles. The third-order valence-electron chi connectivity index (χ3n) is 1.50. The first kappa shape index (κ1) is 13.6. The molecule has 6 nitrogen and oxygen atoms in total. The molecule has 17 heavy (non-hydrogen) atoms. The van der Waals surface area contributed by atoms with Crippen molar-refractivity contribution in [3.8, 4) is 5.88 Å². The van der Waals surface area contributed by atoms with Crippen LogP contribution in [0.1, 0.15) is 10.4 Å². The number of ether oxygens (including phenoxy) is 1. The Labute approximate surface area is 105 Å². The number of carbonyl (C=O) groups excluding carboxylic acids is 1. The van der Waals surface area contributed by atoms with Gasteiger partial charge in [-0.05, 0) is 22.6 Å². The van der Waals surface area contributed by atoms with Crippen LogP contribution in [0.4, 0.5) is 18.9 Å². The minimum absolute atomic E-state index is 0.143. The fourth-order valence-corrected chi connectivity index (χ4v) is 1.56. The normalized spacial score (nSPS) is 11.1. The summed E-state index contributed by atoms with van der Waals surface area (Å²) < 4.78 is 38.8. The monoisotopic (exact) mass is 362 g/mol. The SMILES string of the molecule is O=Cc1c([N+](=O)[O-])cc(OC(F)(F)F)nc1I. The predicted octanol–water partition coefficient (Wildman–Crippen LogP) is 2.31. The molecule has 1 rings (SSSR count). The maximum atomic E-state index is 11.9. The van der Waals surface area contributed by atoms with Crippen molar-refractivity contribution in [1.29, 1.82) is 0 Å². The van der Waals surface area contributed by atoms with Crippen LogP contribution in [0.3, 0.4) is 0 Å². The maximum Gasteiger partial charge on any atom is 0.574 e. The molecule has 0 N–H and O–H groups in total. The first-order chi connectivity index (χ1) is 7.74. The molecule has 92 valence electrons. The van der Waals surface area contributed by atoms with E-state index in [4.69, 9.17) is 0 Å². The Morgan fingerprint density at radius 1 is 1.53 bits per heavy atom. The Hall–Kier alpha value is -1.46. The van der Waals surface area contributed by atoms with E-state index in [-0.39, 0.29) is 9.99 Å². The van der Waals surface area contributed by atoms with Gasteiger partial charge in [-0.1, -0.05) is 0 Å². The fourth-order valence-electron chi connectivity index (χ4n) is 0.921. The van der Waals surface area contributed by atoms with Gasteiger partial charge in [0.05, 0.1) is 11.0 Å². The number of aromatic nitrogens is 1. The Morgan fingerprint density at radius 2 is 2.12 bits per heavy atom. The molecular weight excluding hydrogens is 360 g/mol. The highest BCUT2D eigenvalue weighted by molar-refractivity contribution is 14.1. The zero-order valence-electron chi connectivity index (χ0n) is 7.69. The van der Waals surface area contributed by atoms with Gasteiger partial charge in [0.2, 0.25) is 5.88 Å². The number of alkyl halides is 3. The number of halogens is 4. The molecule has 0 spiro atoms. The first-order valence-corrected chi connectivity index (χ1v) is 4.88. The van der Waals surface area contributed by atoms with Crippen molar-refractivity contribution in [1.82, 2.24) is 4.98 Å². The second kappa shape index (κ2) is 4.81. The number of hydrogen-bond donors (Lipinski definition) is 0. The number of pyridine rings is 1. The van der Waals surface area contributed by atoms with Gasteiger partial charge in [0.1, 0.15) is 9.26 Å². The Kier molecular flexibility index (Phi) is 3.85. The zero-order valence-corrected chi connectivity index (χ0v) is 9.85. The summed E-state index contributed by atoms with van der Waals surface area (Å²) in [5, 5.41) is 10.5. The molecule has 10 heteroatoms. The molecule has 1 aromatic rings. The van der Waals surface area contributed by atoms with E-state index in [0.717, 1.165) is 0 Å². The van der Waals surface area contributed by atoms with Crippen molar-refractivity contribution in [2.75, 3.05) is 0 Å². The van der Waals surface area contributed by atoms with E-state index < -0.39 is 28.4 Å². The standard InChI is InChI=1S/C7H2F3IN2O4/c8-7(9,10)17-5-1-4(13(15)16)3(2-14)6(11)12-5/h1-2H. The van der Waals surface area contributed by atoms with Crippen LogP contribution < -0.4 is 4.74 Å². The molecule has 0 aliphatic carbocycles. The van der Waals surface area contributed by atoms with Crippen LogP contribution in [-0.2, 0) is 0 Å². The van der Waals surface area contributed by atoms with Crippen LogP contribution in [0, 0.1) is 13.8 Å². The zero-order chi connectivity index (χ0) is 13.2. The summed E-state index contributed by atoms with van der Waals surface area (Å²) in [5.41, 5.74) is -1.19. The third-order valence-corrected chi connectivity index (χ3v) is 2.32. The van der Waals surface area contributed by atoms with Crippen LogP contribution in [0.15, 0.2) is 6.07 Å². The van der Waals surface area contributed by atoms with E-state index in [1.54, 1.807) is 0 Å². The van der Waals surface area contributed by atoms with E-state index in [0.29, 0.717) is 6.07 Å². The molecular formula is C7H2F3IN2O4. The lowest BCUT2D eigenvalue weighted by atomic mass is 10.2. The van der Waals surface area contributed by atoms with E-state index in [1.165, 1.54) is 22.6 Å². The van der Waals surface area contributed by atoms with Gasteiger partial charge in [0.25, 0.3) is 5.69 Å². The van der Waals surface area contributed by atoms with Crippen molar-refractivity contribution in [3.05, 3.63) is 25.4 Å². The molecule has 1 heterocycles. The van der Waals surface area contributed by atoms with Crippen LogP contribution in [0.2, 0.25) is 0 Å². The van der Waals surface area contributed by atoms with Crippen molar-refractivity contribution in [3.63, 3.8) is 0 Å². The second-order valence-corrected chi connectivity index (χ2v) is 3.63. The Bertz CT molecular complexity index is 477. The molecule has 0 aliphatic heterocycles. The summed E-state index contributed by atoms with van der Waals surface area (Å²) in [4.78, 5) is 23.4. The Morgan fingerprint density at radius 3 is 2.53 bits per heavy atom. The molecule has 0 amide bonds. The number of hydrogen-bond acceptors (Lipinski definition) is 5. The van der Waals surface area contributed by atoms with E-state index in [2.05, 4.69) is 9.72 Å². The molecule has 0 bridgehead atoms. The molecule has 1 aromatic heterocycles. The minimum atomic E-state index is -5.01. The molecule has 0 aliphatic rings. The number of rotatable bonds is 3. The van der Waals surface area contributed by atoms with Crippen molar-refractivity contribution < 1.29 is 27.6 Å². The van der Waals surface area contributed by atoms with Crippen molar-refractivity contribution in [2.45, 2.75) is 6.36 Å². The molecule has 0 saturated carbocycles. The average molecular weight is 362 g/mol. The summed E-state index contributed by atoms with van der Waals surface area (Å²) in [5.74, 6) is -0.987. The highest BCUT2D eigenvalue weighted by Gasteiger charge is 2.33. The highest BCUT2D eigenvalue weighted by atomic mass is 127. The van der Waals surface area contributed by atoms with Gasteiger partial charge in [-0.15, -0.1) is 13.2 Å². The van der Waals surface area contributed by atoms with Gasteiger partial charge in [-0.3, -0.25) is 14.9 Å². The van der Waals surface area contributed by atoms with Crippen LogP contribution >= 0.6 is 22.6 Å². The van der Waals surface area contributed by atoms with E-state index >= 15 is 0 Å². The number of nitro groups is 1. The van der Waals surface area contributed by atoms with Gasteiger partial charge in [-0.25, -0.2) is 4.98 Å². The van der Waals surface area contributed by atoms with Crippen molar-refractivity contribution in [2.24, 2.45) is 0 Å². The number of aldehydes is 1. The largest absolute Gasteiger partial charge is 0.574 e. The van der Waals surface area contributed by atoms with E-state index in [9.17, 15) is 28.1 Å². The number of nitrogens with zero attached hydrogens (tertiary/aromatic N) is 2. The lowest BCUT2D eigenvalue weighted by Gasteiger charge is -2.08. The van der Waals surface area contributed by atoms with Crippen LogP contribution in [0.25, 0.3) is 0 Å².